The molecule has 0 N–H and O–H groups in total. The molecule has 2 aromatic heterocycles. The average molecular weight is 470 g/mol. The molecule has 4 rings (SSSR count). The first kappa shape index (κ1) is 20.2. The van der Waals surface area contributed by atoms with Crippen LogP contribution in [0, 0.1) is 6.92 Å². The molecule has 0 atom stereocenters. The van der Waals surface area contributed by atoms with Crippen LogP contribution in [-0.4, -0.2) is 27.2 Å². The first-order valence-electron chi connectivity index (χ1n) is 8.68. The number of rotatable bonds is 4. The Bertz CT molecular complexity index is 1320. The van der Waals surface area contributed by atoms with Gasteiger partial charge in [-0.1, -0.05) is 59.9 Å². The van der Waals surface area contributed by atoms with E-state index < -0.39 is 10.0 Å². The van der Waals surface area contributed by atoms with Crippen LogP contribution in [-0.2, 0) is 16.4 Å². The van der Waals surface area contributed by atoms with E-state index in [9.17, 15) is 8.42 Å². The van der Waals surface area contributed by atoms with Crippen molar-refractivity contribution in [3.63, 3.8) is 0 Å². The fraction of sp³-hybridized carbons (Fsp3) is 0.158. The zero-order valence-electron chi connectivity index (χ0n) is 15.4. The van der Waals surface area contributed by atoms with Crippen molar-refractivity contribution in [3.8, 4) is 5.69 Å². The normalized spacial score (nSPS) is 12.0. The summed E-state index contributed by atoms with van der Waals surface area (Å²) in [7, 11) is -3.87. The summed E-state index contributed by atoms with van der Waals surface area (Å²) in [5.41, 5.74) is 1.60. The van der Waals surface area contributed by atoms with Crippen molar-refractivity contribution < 1.29 is 8.42 Å². The standard InChI is InChI=1S/C19H15Cl3N4O2S/c1-3-16-23-19-17(26(16)29(27,28)13-7-5-4-6-8-13)11(2)24-25(19)18-14(21)9-12(20)10-15(18)22/h4-10H,3H2,1-2H3. The van der Waals surface area contributed by atoms with Crippen molar-refractivity contribution in [2.24, 2.45) is 0 Å². The highest BCUT2D eigenvalue weighted by Gasteiger charge is 2.28. The van der Waals surface area contributed by atoms with E-state index in [1.54, 1.807) is 49.4 Å². The van der Waals surface area contributed by atoms with Crippen LogP contribution < -0.4 is 0 Å². The van der Waals surface area contributed by atoms with E-state index in [1.165, 1.54) is 8.65 Å². The minimum absolute atomic E-state index is 0.170. The van der Waals surface area contributed by atoms with Crippen LogP contribution in [0.5, 0.6) is 0 Å². The lowest BCUT2D eigenvalue weighted by Crippen LogP contribution is -2.16. The van der Waals surface area contributed by atoms with Crippen LogP contribution in [0.15, 0.2) is 47.4 Å². The van der Waals surface area contributed by atoms with Gasteiger partial charge < -0.3 is 0 Å². The predicted octanol–water partition coefficient (Wildman–Crippen LogP) is 5.29. The highest BCUT2D eigenvalue weighted by atomic mass is 35.5. The quantitative estimate of drug-likeness (QED) is 0.407. The van der Waals surface area contributed by atoms with Crippen LogP contribution in [0.4, 0.5) is 0 Å². The Hall–Kier alpha value is -2.06. The Balaban J connectivity index is 2.06. The summed E-state index contributed by atoms with van der Waals surface area (Å²) in [6, 6.07) is 11.3. The van der Waals surface area contributed by atoms with Crippen LogP contribution in [0.2, 0.25) is 15.1 Å². The molecular weight excluding hydrogens is 455 g/mol. The van der Waals surface area contributed by atoms with Crippen molar-refractivity contribution in [2.45, 2.75) is 25.2 Å². The molecule has 0 radical (unpaired) electrons. The minimum atomic E-state index is -3.87. The van der Waals surface area contributed by atoms with Gasteiger partial charge >= 0.3 is 0 Å². The van der Waals surface area contributed by atoms with Gasteiger partial charge in [-0.15, -0.1) is 0 Å². The maximum absolute atomic E-state index is 13.4. The molecule has 0 unspecified atom stereocenters. The third kappa shape index (κ3) is 3.22. The maximum Gasteiger partial charge on any atom is 0.269 e. The fourth-order valence-corrected chi connectivity index (χ4v) is 5.80. The third-order valence-corrected chi connectivity index (χ3v) is 7.01. The number of halogens is 3. The molecule has 0 bridgehead atoms. The number of benzene rings is 2. The van der Waals surface area contributed by atoms with Crippen molar-refractivity contribution >= 4 is 56.0 Å². The van der Waals surface area contributed by atoms with Gasteiger partial charge in [0.15, 0.2) is 5.65 Å². The van der Waals surface area contributed by atoms with E-state index >= 15 is 0 Å². The van der Waals surface area contributed by atoms with E-state index in [-0.39, 0.29) is 14.9 Å². The summed E-state index contributed by atoms with van der Waals surface area (Å²) in [4.78, 5) is 4.73. The van der Waals surface area contributed by atoms with E-state index in [0.717, 1.165) is 0 Å². The Morgan fingerprint density at radius 1 is 1.03 bits per heavy atom. The first-order chi connectivity index (χ1) is 13.8. The second kappa shape index (κ2) is 7.32. The summed E-state index contributed by atoms with van der Waals surface area (Å²) in [5, 5.41) is 5.42. The summed E-state index contributed by atoms with van der Waals surface area (Å²) in [6.07, 6.45) is 0.405. The molecule has 0 spiro atoms. The molecule has 0 amide bonds. The molecule has 4 aromatic rings. The molecule has 10 heteroatoms. The van der Waals surface area contributed by atoms with Gasteiger partial charge in [0.2, 0.25) is 0 Å². The average Bonchev–Trinajstić information content (AvgIpc) is 3.20. The molecular formula is C19H15Cl3N4O2S. The molecule has 29 heavy (non-hydrogen) atoms. The number of imidazole rings is 1. The monoisotopic (exact) mass is 468 g/mol. The second-order valence-electron chi connectivity index (χ2n) is 6.35. The number of nitrogens with zero attached hydrogens (tertiary/aromatic N) is 4. The van der Waals surface area contributed by atoms with Crippen molar-refractivity contribution in [3.05, 3.63) is 69.1 Å². The van der Waals surface area contributed by atoms with Crippen LogP contribution in [0.1, 0.15) is 18.4 Å². The van der Waals surface area contributed by atoms with Crippen LogP contribution in [0.3, 0.4) is 0 Å². The molecule has 0 fully saturated rings. The van der Waals surface area contributed by atoms with Gasteiger partial charge in [0.05, 0.1) is 20.6 Å². The Morgan fingerprint density at radius 3 is 2.24 bits per heavy atom. The Labute approximate surface area is 182 Å². The summed E-state index contributed by atoms with van der Waals surface area (Å²) >= 11 is 18.7. The number of aromatic nitrogens is 4. The third-order valence-electron chi connectivity index (χ3n) is 4.47. The van der Waals surface area contributed by atoms with Gasteiger partial charge in [-0.3, -0.25) is 0 Å². The van der Waals surface area contributed by atoms with Crippen LogP contribution >= 0.6 is 34.8 Å². The number of hydrogen-bond donors (Lipinski definition) is 0. The molecule has 2 heterocycles. The molecule has 0 saturated carbocycles. The zero-order valence-corrected chi connectivity index (χ0v) is 18.5. The van der Waals surface area contributed by atoms with Gasteiger partial charge in [0.25, 0.3) is 10.0 Å². The van der Waals surface area contributed by atoms with Crippen LogP contribution in [0.25, 0.3) is 16.9 Å². The van der Waals surface area contributed by atoms with E-state index in [1.807, 2.05) is 6.92 Å². The lowest BCUT2D eigenvalue weighted by atomic mass is 10.3. The van der Waals surface area contributed by atoms with Crippen molar-refractivity contribution in [1.29, 1.82) is 0 Å². The fourth-order valence-electron chi connectivity index (χ4n) is 3.21. The molecule has 0 aliphatic rings. The lowest BCUT2D eigenvalue weighted by molar-refractivity contribution is 0.586. The second-order valence-corrected chi connectivity index (χ2v) is 9.39. The molecule has 0 aliphatic carbocycles. The number of hydrogen-bond acceptors (Lipinski definition) is 4. The topological polar surface area (TPSA) is 69.8 Å². The highest BCUT2D eigenvalue weighted by Crippen LogP contribution is 2.35. The van der Waals surface area contributed by atoms with E-state index in [2.05, 4.69) is 10.1 Å². The van der Waals surface area contributed by atoms with Gasteiger partial charge in [-0.2, -0.15) is 5.10 Å². The van der Waals surface area contributed by atoms with Gasteiger partial charge in [-0.25, -0.2) is 22.1 Å². The van der Waals surface area contributed by atoms with Gasteiger partial charge in [0, 0.05) is 11.4 Å². The Kier molecular flexibility index (Phi) is 5.11. The number of fused-ring (bicyclic) bond motifs is 1. The first-order valence-corrected chi connectivity index (χ1v) is 11.3. The molecule has 0 saturated heterocycles. The van der Waals surface area contributed by atoms with Crippen molar-refractivity contribution in [2.75, 3.05) is 0 Å². The highest BCUT2D eigenvalue weighted by molar-refractivity contribution is 7.90. The molecule has 2 aromatic carbocycles. The van der Waals surface area contributed by atoms with Gasteiger partial charge in [-0.05, 0) is 31.2 Å². The lowest BCUT2D eigenvalue weighted by Gasteiger charge is -2.09. The zero-order chi connectivity index (χ0) is 20.9. The predicted molar refractivity (Wildman–Crippen MR) is 115 cm³/mol. The largest absolute Gasteiger partial charge is 0.269 e. The summed E-state index contributed by atoms with van der Waals surface area (Å²) in [5.74, 6) is 0.388. The van der Waals surface area contributed by atoms with E-state index in [4.69, 9.17) is 34.8 Å². The van der Waals surface area contributed by atoms with Crippen molar-refractivity contribution in [1.82, 2.24) is 18.7 Å². The number of aryl methyl sites for hydroxylation is 2. The SMILES string of the molecule is CCc1nc2c(c(C)nn2-c2c(Cl)cc(Cl)cc2Cl)n1S(=O)(=O)c1ccccc1. The minimum Gasteiger partial charge on any atom is -0.215 e. The smallest absolute Gasteiger partial charge is 0.215 e. The summed E-state index contributed by atoms with van der Waals surface area (Å²) < 4.78 is 29.5. The van der Waals surface area contributed by atoms with Gasteiger partial charge in [0.1, 0.15) is 17.0 Å². The molecule has 150 valence electrons. The van der Waals surface area contributed by atoms with E-state index in [0.29, 0.717) is 39.8 Å². The maximum atomic E-state index is 13.4. The molecule has 6 nitrogen and oxygen atoms in total. The molecule has 0 aliphatic heterocycles. The Morgan fingerprint density at radius 2 is 1.66 bits per heavy atom. The summed E-state index contributed by atoms with van der Waals surface area (Å²) in [6.45, 7) is 3.56.